The number of quaternary nitrogens is 1. The molecule has 0 aliphatic rings. The van der Waals surface area contributed by atoms with Gasteiger partial charge in [0.2, 0.25) is 0 Å². The molecule has 1 rings (SSSR count). The summed E-state index contributed by atoms with van der Waals surface area (Å²) in [6, 6.07) is 8.30. The second kappa shape index (κ2) is 17.3. The van der Waals surface area contributed by atoms with E-state index in [2.05, 4.69) is 54.5 Å². The van der Waals surface area contributed by atoms with Gasteiger partial charge in [-0.05, 0) is 65.8 Å². The van der Waals surface area contributed by atoms with Crippen LogP contribution in [0, 0.1) is 12.3 Å². The Morgan fingerprint density at radius 1 is 0.867 bits per heavy atom. The molecule has 1 aromatic rings. The molecule has 1 unspecified atom stereocenters. The van der Waals surface area contributed by atoms with Crippen molar-refractivity contribution < 1.29 is 4.48 Å². The molecule has 0 fully saturated rings. The Kier molecular flexibility index (Phi) is 16.1. The van der Waals surface area contributed by atoms with Crippen molar-refractivity contribution in [3.8, 4) is 12.3 Å². The fourth-order valence-corrected chi connectivity index (χ4v) is 5.73. The van der Waals surface area contributed by atoms with Gasteiger partial charge in [-0.2, -0.15) is 0 Å². The minimum atomic E-state index is 0.463. The molecule has 1 nitrogen and oxygen atoms in total. The zero-order chi connectivity index (χ0) is 22.1. The smallest absolute Gasteiger partial charge is 0.144 e. The second-order valence-corrected chi connectivity index (χ2v) is 10.6. The summed E-state index contributed by atoms with van der Waals surface area (Å²) in [6.45, 7) is 7.80. The van der Waals surface area contributed by atoms with Crippen LogP contribution in [0.25, 0.3) is 0 Å². The third kappa shape index (κ3) is 10.9. The van der Waals surface area contributed by atoms with Crippen molar-refractivity contribution in [3.63, 3.8) is 0 Å². The Bertz CT molecular complexity index is 579. The zero-order valence-electron chi connectivity index (χ0n) is 19.5. The number of terminal acetylenes is 1. The zero-order valence-corrected chi connectivity index (χ0v) is 22.4. The lowest BCUT2D eigenvalue weighted by molar-refractivity contribution is -0.927. The summed E-state index contributed by atoms with van der Waals surface area (Å²) in [7, 11) is 0. The molecular weight excluding hydrogens is 501 g/mol. The average Bonchev–Trinajstić information content (AvgIpc) is 2.74. The highest BCUT2D eigenvalue weighted by molar-refractivity contribution is 14.1. The first-order valence-electron chi connectivity index (χ1n) is 12.3. The molecule has 0 spiro atoms. The summed E-state index contributed by atoms with van der Waals surface area (Å²) in [5.74, 6) is 3.05. The summed E-state index contributed by atoms with van der Waals surface area (Å²) in [6.07, 6.45) is 22.9. The molecule has 0 bridgehead atoms. The van der Waals surface area contributed by atoms with Crippen molar-refractivity contribution in [3.05, 3.63) is 34.9 Å². The molecule has 1 atom stereocenters. The van der Waals surface area contributed by atoms with Gasteiger partial charge in [0.25, 0.3) is 0 Å². The number of halogens is 2. The van der Waals surface area contributed by atoms with Gasteiger partial charge in [0, 0.05) is 11.4 Å². The second-order valence-electron chi connectivity index (χ2n) is 8.79. The van der Waals surface area contributed by atoms with Crippen molar-refractivity contribution in [2.24, 2.45) is 0 Å². The maximum atomic E-state index is 6.50. The third-order valence-electron chi connectivity index (χ3n) is 6.26. The number of nitrogens with zero attached hydrogens (tertiary/aromatic N) is 1. The van der Waals surface area contributed by atoms with Crippen molar-refractivity contribution >= 4 is 34.2 Å². The van der Waals surface area contributed by atoms with E-state index in [0.717, 1.165) is 22.5 Å². The molecule has 0 aliphatic carbocycles. The predicted octanol–water partition coefficient (Wildman–Crippen LogP) is 8.81. The number of unbranched alkanes of at least 4 members (excludes halogenated alkanes) is 10. The molecule has 0 saturated carbocycles. The monoisotopic (exact) mass is 544 g/mol. The predicted molar refractivity (Wildman–Crippen MR) is 143 cm³/mol. The number of alkyl halides is 1. The molecule has 0 aromatic heterocycles. The van der Waals surface area contributed by atoms with Crippen molar-refractivity contribution in [2.45, 2.75) is 101 Å². The first-order chi connectivity index (χ1) is 14.6. The topological polar surface area (TPSA) is 0 Å². The van der Waals surface area contributed by atoms with Gasteiger partial charge in [-0.3, -0.25) is 0 Å². The van der Waals surface area contributed by atoms with E-state index in [-0.39, 0.29) is 0 Å². The Morgan fingerprint density at radius 2 is 1.37 bits per heavy atom. The largest absolute Gasteiger partial charge is 0.303 e. The van der Waals surface area contributed by atoms with Gasteiger partial charge in [-0.25, -0.2) is 0 Å². The molecular formula is C27H44ClIN+. The van der Waals surface area contributed by atoms with Gasteiger partial charge >= 0.3 is 0 Å². The number of rotatable bonds is 18. The van der Waals surface area contributed by atoms with Crippen molar-refractivity contribution in [2.75, 3.05) is 19.6 Å². The van der Waals surface area contributed by atoms with Gasteiger partial charge < -0.3 is 4.48 Å². The Balaban J connectivity index is 2.78. The van der Waals surface area contributed by atoms with Gasteiger partial charge in [0.15, 0.2) is 0 Å². The fraction of sp³-hybridized carbons (Fsp3) is 0.704. The van der Waals surface area contributed by atoms with Gasteiger partial charge in [0.1, 0.15) is 10.6 Å². The summed E-state index contributed by atoms with van der Waals surface area (Å²) < 4.78 is 1.51. The fourth-order valence-electron chi connectivity index (χ4n) is 4.28. The molecule has 1 aromatic carbocycles. The Hall–Kier alpha value is -0.240. The first kappa shape index (κ1) is 27.8. The lowest BCUT2D eigenvalue weighted by Gasteiger charge is -2.42. The Morgan fingerprint density at radius 3 is 1.87 bits per heavy atom. The van der Waals surface area contributed by atoms with Crippen LogP contribution < -0.4 is 0 Å². The minimum Gasteiger partial charge on any atom is -0.303 e. The van der Waals surface area contributed by atoms with Crippen LogP contribution in [0.1, 0.15) is 96.5 Å². The lowest BCUT2D eigenvalue weighted by atomic mass is 10.1. The molecule has 0 radical (unpaired) electrons. The van der Waals surface area contributed by atoms with Crippen LogP contribution in [0.3, 0.4) is 0 Å². The molecule has 30 heavy (non-hydrogen) atoms. The third-order valence-corrected chi connectivity index (χ3v) is 8.25. The quantitative estimate of drug-likeness (QED) is 0.0432. The lowest BCUT2D eigenvalue weighted by Crippen LogP contribution is -2.55. The summed E-state index contributed by atoms with van der Waals surface area (Å²) >= 11 is 9.16. The highest BCUT2D eigenvalue weighted by Gasteiger charge is 2.34. The van der Waals surface area contributed by atoms with E-state index in [9.17, 15) is 0 Å². The molecule has 0 N–H and O–H groups in total. The van der Waals surface area contributed by atoms with Crippen LogP contribution in [0.2, 0.25) is 5.02 Å². The molecule has 0 heterocycles. The molecule has 0 saturated heterocycles. The van der Waals surface area contributed by atoms with E-state index < -0.39 is 0 Å². The van der Waals surface area contributed by atoms with Crippen LogP contribution in [0.15, 0.2) is 24.3 Å². The van der Waals surface area contributed by atoms with E-state index in [1.807, 2.05) is 12.1 Å². The normalized spacial score (nSPS) is 12.6. The number of benzene rings is 1. The minimum absolute atomic E-state index is 0.463. The summed E-state index contributed by atoms with van der Waals surface area (Å²) in [5.41, 5.74) is 1.25. The van der Waals surface area contributed by atoms with Gasteiger partial charge in [-0.15, -0.1) is 6.42 Å². The van der Waals surface area contributed by atoms with E-state index in [1.165, 1.54) is 95.7 Å². The highest BCUT2D eigenvalue weighted by Crippen LogP contribution is 2.29. The van der Waals surface area contributed by atoms with Crippen LogP contribution in [-0.2, 0) is 6.42 Å². The summed E-state index contributed by atoms with van der Waals surface area (Å²) in [4.78, 5) is 0. The number of hydrogen-bond acceptors (Lipinski definition) is 0. The maximum Gasteiger partial charge on any atom is 0.144 e. The SMILES string of the molecule is C#CC[N+](CCCCCCCC)(CCCCCCCC)C(I)Cc1ccccc1Cl. The highest BCUT2D eigenvalue weighted by atomic mass is 127. The molecule has 170 valence electrons. The van der Waals surface area contributed by atoms with E-state index >= 15 is 0 Å². The van der Waals surface area contributed by atoms with E-state index in [0.29, 0.717) is 4.05 Å². The Labute approximate surface area is 206 Å². The number of hydrogen-bond donors (Lipinski definition) is 0. The van der Waals surface area contributed by atoms with Crippen LogP contribution in [0.5, 0.6) is 0 Å². The molecule has 0 aliphatic heterocycles. The summed E-state index contributed by atoms with van der Waals surface area (Å²) in [5, 5.41) is 0.886. The van der Waals surface area contributed by atoms with Crippen LogP contribution in [-0.4, -0.2) is 28.2 Å². The van der Waals surface area contributed by atoms with Crippen molar-refractivity contribution in [1.82, 2.24) is 0 Å². The maximum absolute atomic E-state index is 6.50. The van der Waals surface area contributed by atoms with Gasteiger partial charge in [-0.1, -0.05) is 95.0 Å². The van der Waals surface area contributed by atoms with Gasteiger partial charge in [0.05, 0.1) is 13.1 Å². The standard InChI is InChI=1S/C27H44ClIN/c1-4-7-9-11-13-17-22-30(21-6-3,23-18-14-12-10-8-5-2)27(29)24-25-19-15-16-20-26(25)28/h3,15-16,19-20,27H,4-5,7-14,17-18,21-24H2,1-2H3/q+1. The van der Waals surface area contributed by atoms with Crippen molar-refractivity contribution in [1.29, 1.82) is 0 Å². The van der Waals surface area contributed by atoms with E-state index in [4.69, 9.17) is 18.0 Å². The molecule has 0 amide bonds. The average molecular weight is 545 g/mol. The van der Waals surface area contributed by atoms with Crippen LogP contribution in [0.4, 0.5) is 0 Å². The van der Waals surface area contributed by atoms with E-state index in [1.54, 1.807) is 0 Å². The first-order valence-corrected chi connectivity index (χ1v) is 13.9. The van der Waals surface area contributed by atoms with Crippen LogP contribution >= 0.6 is 34.2 Å². The molecule has 3 heteroatoms.